The minimum absolute atomic E-state index is 0.00560. The van der Waals surface area contributed by atoms with Crippen molar-refractivity contribution in [3.63, 3.8) is 0 Å². The Morgan fingerprint density at radius 3 is 2.42 bits per heavy atom. The molecule has 0 aromatic heterocycles. The zero-order valence-electron chi connectivity index (χ0n) is 12.0. The van der Waals surface area contributed by atoms with Crippen LogP contribution in [0.15, 0.2) is 23.8 Å². The number of ketones is 1. The quantitative estimate of drug-likeness (QED) is 0.693. The SMILES string of the molecule is COC(C(=O)OC(C)C(C)C(C)=O)C1=CCCC=C1. The number of ether oxygens (including phenoxy) is 2. The molecule has 1 aliphatic rings. The smallest absolute Gasteiger partial charge is 0.340 e. The van der Waals surface area contributed by atoms with Gasteiger partial charge in [-0.05, 0) is 32.3 Å². The predicted octanol–water partition coefficient (Wildman–Crippen LogP) is 2.43. The molecule has 4 nitrogen and oxygen atoms in total. The van der Waals surface area contributed by atoms with Crippen LogP contribution in [0.2, 0.25) is 0 Å². The van der Waals surface area contributed by atoms with Crippen LogP contribution in [0.1, 0.15) is 33.6 Å². The summed E-state index contributed by atoms with van der Waals surface area (Å²) in [5, 5.41) is 0. The highest BCUT2D eigenvalue weighted by Crippen LogP contribution is 2.18. The van der Waals surface area contributed by atoms with E-state index in [4.69, 9.17) is 9.47 Å². The Hall–Kier alpha value is -1.42. The molecule has 0 saturated carbocycles. The van der Waals surface area contributed by atoms with E-state index in [2.05, 4.69) is 0 Å². The Labute approximate surface area is 114 Å². The topological polar surface area (TPSA) is 52.6 Å². The highest BCUT2D eigenvalue weighted by Gasteiger charge is 2.27. The first-order valence-corrected chi connectivity index (χ1v) is 6.57. The molecule has 106 valence electrons. The van der Waals surface area contributed by atoms with Crippen molar-refractivity contribution in [1.82, 2.24) is 0 Å². The fourth-order valence-electron chi connectivity index (χ4n) is 1.87. The van der Waals surface area contributed by atoms with Crippen LogP contribution < -0.4 is 0 Å². The van der Waals surface area contributed by atoms with Gasteiger partial charge in [0.2, 0.25) is 0 Å². The lowest BCUT2D eigenvalue weighted by Gasteiger charge is -2.22. The van der Waals surface area contributed by atoms with Gasteiger partial charge in [0.1, 0.15) is 11.9 Å². The average Bonchev–Trinajstić information content (AvgIpc) is 2.39. The van der Waals surface area contributed by atoms with E-state index in [1.165, 1.54) is 14.0 Å². The summed E-state index contributed by atoms with van der Waals surface area (Å²) in [6.45, 7) is 4.97. The van der Waals surface area contributed by atoms with Crippen LogP contribution in [0.25, 0.3) is 0 Å². The van der Waals surface area contributed by atoms with Crippen molar-refractivity contribution in [3.8, 4) is 0 Å². The maximum absolute atomic E-state index is 12.1. The van der Waals surface area contributed by atoms with E-state index in [1.54, 1.807) is 13.8 Å². The zero-order chi connectivity index (χ0) is 14.4. The fraction of sp³-hybridized carbons (Fsp3) is 0.600. The highest BCUT2D eigenvalue weighted by molar-refractivity contribution is 5.81. The number of methoxy groups -OCH3 is 1. The number of carbonyl (C=O) groups excluding carboxylic acids is 2. The third kappa shape index (κ3) is 4.31. The number of Topliss-reactive ketones (excluding diaryl/α,β-unsaturated/α-hetero) is 1. The van der Waals surface area contributed by atoms with E-state index in [-0.39, 0.29) is 11.7 Å². The van der Waals surface area contributed by atoms with Crippen molar-refractivity contribution in [3.05, 3.63) is 23.8 Å². The van der Waals surface area contributed by atoms with Crippen LogP contribution >= 0.6 is 0 Å². The maximum Gasteiger partial charge on any atom is 0.340 e. The van der Waals surface area contributed by atoms with Gasteiger partial charge >= 0.3 is 5.97 Å². The van der Waals surface area contributed by atoms with Gasteiger partial charge in [0.25, 0.3) is 0 Å². The van der Waals surface area contributed by atoms with E-state index >= 15 is 0 Å². The first-order valence-electron chi connectivity index (χ1n) is 6.57. The second-order valence-corrected chi connectivity index (χ2v) is 4.84. The predicted molar refractivity (Wildman–Crippen MR) is 72.7 cm³/mol. The monoisotopic (exact) mass is 266 g/mol. The van der Waals surface area contributed by atoms with Crippen molar-refractivity contribution in [1.29, 1.82) is 0 Å². The minimum Gasteiger partial charge on any atom is -0.460 e. The van der Waals surface area contributed by atoms with Gasteiger partial charge < -0.3 is 9.47 Å². The van der Waals surface area contributed by atoms with Gasteiger partial charge in [0.15, 0.2) is 6.10 Å². The molecule has 1 aliphatic carbocycles. The molecule has 0 heterocycles. The van der Waals surface area contributed by atoms with Crippen molar-refractivity contribution in [2.24, 2.45) is 5.92 Å². The number of esters is 1. The molecule has 0 aliphatic heterocycles. The molecular weight excluding hydrogens is 244 g/mol. The summed E-state index contributed by atoms with van der Waals surface area (Å²) < 4.78 is 10.5. The third-order valence-corrected chi connectivity index (χ3v) is 3.42. The summed E-state index contributed by atoms with van der Waals surface area (Å²) >= 11 is 0. The van der Waals surface area contributed by atoms with Crippen LogP contribution in [0.4, 0.5) is 0 Å². The number of rotatable bonds is 6. The van der Waals surface area contributed by atoms with Gasteiger partial charge in [-0.3, -0.25) is 4.79 Å². The van der Waals surface area contributed by atoms with Gasteiger partial charge in [0, 0.05) is 7.11 Å². The van der Waals surface area contributed by atoms with Crippen molar-refractivity contribution in [2.75, 3.05) is 7.11 Å². The van der Waals surface area contributed by atoms with Gasteiger partial charge in [-0.1, -0.05) is 25.2 Å². The number of hydrogen-bond donors (Lipinski definition) is 0. The molecule has 0 fully saturated rings. The molecule has 0 N–H and O–H groups in total. The Morgan fingerprint density at radius 2 is 1.95 bits per heavy atom. The van der Waals surface area contributed by atoms with E-state index in [0.29, 0.717) is 0 Å². The summed E-state index contributed by atoms with van der Waals surface area (Å²) in [6, 6.07) is 0. The third-order valence-electron chi connectivity index (χ3n) is 3.42. The molecule has 19 heavy (non-hydrogen) atoms. The standard InChI is InChI=1S/C15H22O4/c1-10(11(2)16)12(3)19-15(17)14(18-4)13-8-6-5-7-9-13/h6,8-10,12,14H,5,7H2,1-4H3. The molecule has 0 saturated heterocycles. The van der Waals surface area contributed by atoms with Gasteiger partial charge in [0.05, 0.1) is 5.92 Å². The zero-order valence-corrected chi connectivity index (χ0v) is 12.0. The molecule has 4 heteroatoms. The molecule has 0 aromatic carbocycles. The summed E-state index contributed by atoms with van der Waals surface area (Å²) in [4.78, 5) is 23.3. The van der Waals surface area contributed by atoms with Crippen molar-refractivity contribution in [2.45, 2.75) is 45.8 Å². The van der Waals surface area contributed by atoms with Crippen molar-refractivity contribution >= 4 is 11.8 Å². The van der Waals surface area contributed by atoms with Gasteiger partial charge in [-0.2, -0.15) is 0 Å². The molecule has 0 radical (unpaired) electrons. The summed E-state index contributed by atoms with van der Waals surface area (Å²) in [5.41, 5.74) is 0.821. The molecule has 0 spiro atoms. The molecule has 0 amide bonds. The lowest BCUT2D eigenvalue weighted by molar-refractivity contribution is -0.160. The fourth-order valence-corrected chi connectivity index (χ4v) is 1.87. The maximum atomic E-state index is 12.1. The van der Waals surface area contributed by atoms with Crippen LogP contribution in [0.3, 0.4) is 0 Å². The highest BCUT2D eigenvalue weighted by atomic mass is 16.6. The molecule has 3 atom stereocenters. The first kappa shape index (κ1) is 15.6. The Balaban J connectivity index is 2.67. The van der Waals surface area contributed by atoms with E-state index in [9.17, 15) is 9.59 Å². The van der Waals surface area contributed by atoms with E-state index in [0.717, 1.165) is 18.4 Å². The minimum atomic E-state index is -0.710. The van der Waals surface area contributed by atoms with Crippen LogP contribution in [-0.2, 0) is 19.1 Å². The lowest BCUT2D eigenvalue weighted by atomic mass is 10.0. The molecule has 0 bridgehead atoms. The summed E-state index contributed by atoms with van der Waals surface area (Å²) in [7, 11) is 1.48. The van der Waals surface area contributed by atoms with Crippen LogP contribution in [0, 0.1) is 5.92 Å². The number of carbonyl (C=O) groups is 2. The largest absolute Gasteiger partial charge is 0.460 e. The van der Waals surface area contributed by atoms with Gasteiger partial charge in [-0.15, -0.1) is 0 Å². The molecule has 1 rings (SSSR count). The second-order valence-electron chi connectivity index (χ2n) is 4.84. The normalized spacial score (nSPS) is 19.3. The van der Waals surface area contributed by atoms with Crippen LogP contribution in [0.5, 0.6) is 0 Å². The molecular formula is C15H22O4. The summed E-state index contributed by atoms with van der Waals surface area (Å²) in [5.74, 6) is -0.746. The molecule has 3 unspecified atom stereocenters. The molecule has 0 aromatic rings. The number of hydrogen-bond acceptors (Lipinski definition) is 4. The van der Waals surface area contributed by atoms with E-state index in [1.807, 2.05) is 18.2 Å². The first-order chi connectivity index (χ1) is 8.97. The number of allylic oxidation sites excluding steroid dienone is 2. The average molecular weight is 266 g/mol. The van der Waals surface area contributed by atoms with Crippen molar-refractivity contribution < 1.29 is 19.1 Å². The van der Waals surface area contributed by atoms with Crippen LogP contribution in [-0.4, -0.2) is 31.1 Å². The summed E-state index contributed by atoms with van der Waals surface area (Å²) in [6.07, 6.45) is 6.60. The van der Waals surface area contributed by atoms with E-state index < -0.39 is 18.2 Å². The Kier molecular flexibility index (Phi) is 5.96. The Morgan fingerprint density at radius 1 is 1.26 bits per heavy atom. The second kappa shape index (κ2) is 7.24. The van der Waals surface area contributed by atoms with Gasteiger partial charge in [-0.25, -0.2) is 4.79 Å². The lowest BCUT2D eigenvalue weighted by Crippen LogP contribution is -2.34. The Bertz CT molecular complexity index is 395.